The van der Waals surface area contributed by atoms with Crippen LogP contribution in [0.1, 0.15) is 82.3 Å². The van der Waals surface area contributed by atoms with E-state index >= 15 is 0 Å². The maximum absolute atomic E-state index is 13.1. The molecule has 32 heavy (non-hydrogen) atoms. The molecular formula is C28H36O4. The van der Waals surface area contributed by atoms with E-state index in [1.165, 1.54) is 22.3 Å². The van der Waals surface area contributed by atoms with E-state index in [1.54, 1.807) is 0 Å². The van der Waals surface area contributed by atoms with Crippen LogP contribution in [0, 0.1) is 17.3 Å². The summed E-state index contributed by atoms with van der Waals surface area (Å²) in [6.45, 7) is 5.67. The van der Waals surface area contributed by atoms with Gasteiger partial charge in [-0.05, 0) is 67.1 Å². The molecule has 1 saturated heterocycles. The molecule has 0 aromatic heterocycles. The molecule has 5 atom stereocenters. The highest BCUT2D eigenvalue weighted by Crippen LogP contribution is 2.64. The third-order valence-electron chi connectivity index (χ3n) is 9.73. The van der Waals surface area contributed by atoms with Crippen molar-refractivity contribution >= 4 is 5.78 Å². The van der Waals surface area contributed by atoms with E-state index in [2.05, 4.69) is 38.1 Å². The van der Waals surface area contributed by atoms with Crippen LogP contribution in [-0.2, 0) is 20.7 Å². The van der Waals surface area contributed by atoms with E-state index < -0.39 is 11.4 Å². The molecule has 1 aromatic carbocycles. The number of benzene rings is 1. The van der Waals surface area contributed by atoms with Crippen molar-refractivity contribution in [3.63, 3.8) is 0 Å². The topological polar surface area (TPSA) is 55.8 Å². The minimum absolute atomic E-state index is 0.218. The summed E-state index contributed by atoms with van der Waals surface area (Å²) >= 11 is 0. The fraction of sp³-hybridized carbons (Fsp3) is 0.679. The van der Waals surface area contributed by atoms with Crippen LogP contribution >= 0.6 is 0 Å². The summed E-state index contributed by atoms with van der Waals surface area (Å²) in [5, 5.41) is 12.0. The quantitative estimate of drug-likeness (QED) is 0.657. The number of carbonyl (C=O) groups excluding carboxylic acids is 1. The number of ether oxygens (including phenoxy) is 2. The Hall–Kier alpha value is -1.49. The summed E-state index contributed by atoms with van der Waals surface area (Å²) in [7, 11) is 0. The minimum atomic E-state index is -0.841. The molecule has 1 spiro atoms. The number of aliphatic hydroxyl groups is 1. The summed E-state index contributed by atoms with van der Waals surface area (Å²) in [6.07, 6.45) is 7.56. The van der Waals surface area contributed by atoms with E-state index in [9.17, 15) is 9.90 Å². The highest BCUT2D eigenvalue weighted by Gasteiger charge is 2.60. The van der Waals surface area contributed by atoms with Crippen LogP contribution in [0.25, 0.3) is 0 Å². The van der Waals surface area contributed by atoms with Gasteiger partial charge in [0.05, 0.1) is 18.8 Å². The molecule has 4 fully saturated rings. The Kier molecular flexibility index (Phi) is 4.78. The lowest BCUT2D eigenvalue weighted by Gasteiger charge is -2.55. The van der Waals surface area contributed by atoms with Gasteiger partial charge in [-0.1, -0.05) is 43.7 Å². The van der Waals surface area contributed by atoms with Gasteiger partial charge in [-0.2, -0.15) is 0 Å². The number of hydrogen-bond acceptors (Lipinski definition) is 4. The smallest absolute Gasteiger partial charge is 0.171 e. The van der Waals surface area contributed by atoms with E-state index in [4.69, 9.17) is 9.47 Å². The van der Waals surface area contributed by atoms with Gasteiger partial charge < -0.3 is 14.6 Å². The van der Waals surface area contributed by atoms with Gasteiger partial charge in [-0.3, -0.25) is 4.79 Å². The largest absolute Gasteiger partial charge is 0.385 e. The van der Waals surface area contributed by atoms with Gasteiger partial charge in [-0.25, -0.2) is 0 Å². The standard InChI is InChI=1S/C28H36O4/c1-3-18-4-6-19(7-5-18)21-16-26(2)22(8-9-24(26)29)20-10-12-27(30)17-28(31-14-15-32-28)13-11-23(27)25(20)21/h4-7,20-22,30H,3,8-17H2,1-2H3. The molecule has 3 saturated carbocycles. The van der Waals surface area contributed by atoms with Crippen LogP contribution in [0.4, 0.5) is 0 Å². The average molecular weight is 437 g/mol. The van der Waals surface area contributed by atoms with Gasteiger partial charge in [0.15, 0.2) is 5.79 Å². The lowest BCUT2D eigenvalue weighted by Crippen LogP contribution is -2.53. The predicted octanol–water partition coefficient (Wildman–Crippen LogP) is 5.09. The first kappa shape index (κ1) is 21.1. The van der Waals surface area contributed by atoms with Crippen molar-refractivity contribution in [3.05, 3.63) is 46.5 Å². The van der Waals surface area contributed by atoms with Crippen molar-refractivity contribution in [1.29, 1.82) is 0 Å². The first-order chi connectivity index (χ1) is 15.4. The molecule has 4 aliphatic carbocycles. The van der Waals surface area contributed by atoms with E-state index in [-0.39, 0.29) is 11.3 Å². The number of fused-ring (bicyclic) bond motifs is 4. The molecule has 4 nitrogen and oxygen atoms in total. The fourth-order valence-electron chi connectivity index (χ4n) is 8.07. The molecule has 5 unspecified atom stereocenters. The van der Waals surface area contributed by atoms with Crippen molar-refractivity contribution in [3.8, 4) is 0 Å². The first-order valence-corrected chi connectivity index (χ1v) is 12.7. The number of carbonyl (C=O) groups is 1. The van der Waals surface area contributed by atoms with Crippen LogP contribution in [-0.4, -0.2) is 35.5 Å². The van der Waals surface area contributed by atoms with Crippen LogP contribution in [0.2, 0.25) is 0 Å². The Balaban J connectivity index is 1.47. The maximum atomic E-state index is 13.1. The summed E-state index contributed by atoms with van der Waals surface area (Å²) < 4.78 is 12.0. The lowest BCUT2D eigenvalue weighted by atomic mass is 9.51. The molecule has 1 N–H and O–H groups in total. The van der Waals surface area contributed by atoms with Crippen LogP contribution in [0.5, 0.6) is 0 Å². The van der Waals surface area contributed by atoms with Crippen molar-refractivity contribution in [2.24, 2.45) is 17.3 Å². The van der Waals surface area contributed by atoms with Crippen molar-refractivity contribution < 1.29 is 19.4 Å². The molecule has 5 aliphatic rings. The van der Waals surface area contributed by atoms with Crippen molar-refractivity contribution in [1.82, 2.24) is 0 Å². The highest BCUT2D eigenvalue weighted by molar-refractivity contribution is 5.87. The fourth-order valence-corrected chi connectivity index (χ4v) is 8.07. The number of ketones is 1. The van der Waals surface area contributed by atoms with Crippen LogP contribution in [0.15, 0.2) is 35.4 Å². The van der Waals surface area contributed by atoms with Crippen molar-refractivity contribution in [2.75, 3.05) is 13.2 Å². The normalized spacial score (nSPS) is 40.3. The van der Waals surface area contributed by atoms with Crippen LogP contribution in [0.3, 0.4) is 0 Å². The summed E-state index contributed by atoms with van der Waals surface area (Å²) in [4.78, 5) is 13.1. The van der Waals surface area contributed by atoms with Gasteiger partial charge in [0.2, 0.25) is 0 Å². The Morgan fingerprint density at radius 3 is 2.53 bits per heavy atom. The predicted molar refractivity (Wildman–Crippen MR) is 122 cm³/mol. The Labute approximate surface area is 191 Å². The third-order valence-corrected chi connectivity index (χ3v) is 9.73. The molecule has 0 radical (unpaired) electrons. The average Bonchev–Trinajstić information content (AvgIpc) is 3.36. The second-order valence-electron chi connectivity index (χ2n) is 11.2. The SMILES string of the molecule is CCc1ccc(C2CC3(C)C(=O)CCC3C3CCC4(O)CC5(CCC4=C23)OCCO5)cc1. The number of allylic oxidation sites excluding steroid dienone is 1. The molecule has 1 heterocycles. The number of Topliss-reactive ketones (excluding diaryl/α,β-unsaturated/α-hetero) is 1. The van der Waals surface area contributed by atoms with Gasteiger partial charge in [0.25, 0.3) is 0 Å². The Morgan fingerprint density at radius 2 is 1.81 bits per heavy atom. The molecular weight excluding hydrogens is 400 g/mol. The molecule has 0 amide bonds. The number of hydrogen-bond donors (Lipinski definition) is 1. The zero-order valence-corrected chi connectivity index (χ0v) is 19.5. The maximum Gasteiger partial charge on any atom is 0.171 e. The zero-order chi connectivity index (χ0) is 22.1. The third kappa shape index (κ3) is 2.95. The molecule has 4 heteroatoms. The van der Waals surface area contributed by atoms with Crippen LogP contribution < -0.4 is 0 Å². The second-order valence-corrected chi connectivity index (χ2v) is 11.2. The minimum Gasteiger partial charge on any atom is -0.385 e. The van der Waals surface area contributed by atoms with Gasteiger partial charge >= 0.3 is 0 Å². The van der Waals surface area contributed by atoms with Crippen molar-refractivity contribution in [2.45, 2.75) is 88.9 Å². The van der Waals surface area contributed by atoms with E-state index in [1.807, 2.05) is 0 Å². The first-order valence-electron chi connectivity index (χ1n) is 12.7. The van der Waals surface area contributed by atoms with Gasteiger partial charge in [0.1, 0.15) is 5.78 Å². The number of rotatable bonds is 2. The number of aryl methyl sites for hydroxylation is 1. The van der Waals surface area contributed by atoms with Gasteiger partial charge in [-0.15, -0.1) is 0 Å². The second kappa shape index (κ2) is 7.25. The van der Waals surface area contributed by atoms with E-state index in [0.717, 1.165) is 51.4 Å². The Morgan fingerprint density at radius 1 is 1.06 bits per heavy atom. The summed E-state index contributed by atoms with van der Waals surface area (Å²) in [5.74, 6) is 0.901. The van der Waals surface area contributed by atoms with Gasteiger partial charge in [0, 0.05) is 30.6 Å². The summed E-state index contributed by atoms with van der Waals surface area (Å²) in [5.41, 5.74) is 4.30. The Bertz CT molecular complexity index is 956. The zero-order valence-electron chi connectivity index (χ0n) is 19.5. The highest BCUT2D eigenvalue weighted by atomic mass is 16.7. The molecule has 1 aromatic rings. The lowest BCUT2D eigenvalue weighted by molar-refractivity contribution is -0.208. The molecule has 6 rings (SSSR count). The molecule has 0 bridgehead atoms. The molecule has 172 valence electrons. The summed E-state index contributed by atoms with van der Waals surface area (Å²) in [6, 6.07) is 9.04. The monoisotopic (exact) mass is 436 g/mol. The molecule has 1 aliphatic heterocycles. The van der Waals surface area contributed by atoms with E-state index in [0.29, 0.717) is 37.3 Å².